The van der Waals surface area contributed by atoms with Crippen LogP contribution in [0, 0.1) is 0 Å². The Morgan fingerprint density at radius 2 is 2.08 bits per heavy atom. The van der Waals surface area contributed by atoms with E-state index in [1.807, 2.05) is 0 Å². The standard InChI is InChI=1S/C8H13NO4/c1-4(10)9-5-2-12-8-6(11)3-13-7(5)8/h5-8,11H,2-3H2,1H3,(H,9,10). The highest BCUT2D eigenvalue weighted by Crippen LogP contribution is 2.26. The second-order valence-electron chi connectivity index (χ2n) is 3.47. The van der Waals surface area contributed by atoms with Crippen LogP contribution in [0.5, 0.6) is 0 Å². The molecule has 0 saturated carbocycles. The smallest absolute Gasteiger partial charge is 0.217 e. The summed E-state index contributed by atoms with van der Waals surface area (Å²) in [6, 6.07) is -0.111. The lowest BCUT2D eigenvalue weighted by atomic mass is 10.1. The quantitative estimate of drug-likeness (QED) is 0.532. The topological polar surface area (TPSA) is 67.8 Å². The highest BCUT2D eigenvalue weighted by atomic mass is 16.6. The van der Waals surface area contributed by atoms with Crippen LogP contribution < -0.4 is 5.32 Å². The van der Waals surface area contributed by atoms with Crippen molar-refractivity contribution in [3.63, 3.8) is 0 Å². The Labute approximate surface area is 76.0 Å². The van der Waals surface area contributed by atoms with Crippen LogP contribution in [0.3, 0.4) is 0 Å². The van der Waals surface area contributed by atoms with Crippen molar-refractivity contribution in [2.75, 3.05) is 13.2 Å². The molecule has 0 radical (unpaired) electrons. The Morgan fingerprint density at radius 3 is 2.77 bits per heavy atom. The minimum absolute atomic E-state index is 0.0979. The van der Waals surface area contributed by atoms with Crippen molar-refractivity contribution in [1.29, 1.82) is 0 Å². The maximum absolute atomic E-state index is 10.8. The lowest BCUT2D eigenvalue weighted by Gasteiger charge is -2.15. The molecule has 0 aromatic rings. The van der Waals surface area contributed by atoms with Gasteiger partial charge in [-0.15, -0.1) is 0 Å². The van der Waals surface area contributed by atoms with E-state index in [2.05, 4.69) is 5.32 Å². The third kappa shape index (κ3) is 1.54. The van der Waals surface area contributed by atoms with Crippen molar-refractivity contribution < 1.29 is 19.4 Å². The van der Waals surface area contributed by atoms with Crippen LogP contribution in [0.15, 0.2) is 0 Å². The first-order valence-electron chi connectivity index (χ1n) is 4.37. The summed E-state index contributed by atoms with van der Waals surface area (Å²) < 4.78 is 10.6. The predicted molar refractivity (Wildman–Crippen MR) is 43.1 cm³/mol. The number of nitrogens with one attached hydrogen (secondary N) is 1. The zero-order valence-corrected chi connectivity index (χ0v) is 7.40. The molecule has 74 valence electrons. The van der Waals surface area contributed by atoms with Gasteiger partial charge in [0.05, 0.1) is 19.3 Å². The molecule has 4 unspecified atom stereocenters. The van der Waals surface area contributed by atoms with Gasteiger partial charge in [-0.05, 0) is 0 Å². The van der Waals surface area contributed by atoms with E-state index in [1.54, 1.807) is 0 Å². The molecule has 2 rings (SSSR count). The molecular weight excluding hydrogens is 174 g/mol. The molecular formula is C8H13NO4. The molecule has 2 saturated heterocycles. The van der Waals surface area contributed by atoms with Crippen LogP contribution in [0.2, 0.25) is 0 Å². The zero-order chi connectivity index (χ0) is 9.42. The first-order chi connectivity index (χ1) is 6.18. The van der Waals surface area contributed by atoms with Gasteiger partial charge in [-0.1, -0.05) is 0 Å². The molecule has 0 aromatic heterocycles. The van der Waals surface area contributed by atoms with E-state index in [1.165, 1.54) is 6.92 Å². The summed E-state index contributed by atoms with van der Waals surface area (Å²) in [5.41, 5.74) is 0. The van der Waals surface area contributed by atoms with E-state index in [-0.39, 0.29) is 24.2 Å². The minimum Gasteiger partial charge on any atom is -0.388 e. The van der Waals surface area contributed by atoms with Gasteiger partial charge in [-0.25, -0.2) is 0 Å². The molecule has 1 amide bonds. The monoisotopic (exact) mass is 187 g/mol. The third-order valence-electron chi connectivity index (χ3n) is 2.42. The van der Waals surface area contributed by atoms with Crippen molar-refractivity contribution >= 4 is 5.91 Å². The van der Waals surface area contributed by atoms with Crippen LogP contribution in [0.4, 0.5) is 0 Å². The van der Waals surface area contributed by atoms with Crippen LogP contribution in [0.25, 0.3) is 0 Å². The van der Waals surface area contributed by atoms with E-state index >= 15 is 0 Å². The fourth-order valence-electron chi connectivity index (χ4n) is 1.86. The summed E-state index contributed by atoms with van der Waals surface area (Å²) >= 11 is 0. The van der Waals surface area contributed by atoms with Crippen molar-refractivity contribution in [2.45, 2.75) is 31.3 Å². The van der Waals surface area contributed by atoms with Crippen molar-refractivity contribution in [1.82, 2.24) is 5.32 Å². The number of carbonyl (C=O) groups excluding carboxylic acids is 1. The number of aliphatic hydroxyl groups excluding tert-OH is 1. The molecule has 0 aromatic carbocycles. The van der Waals surface area contributed by atoms with E-state index in [4.69, 9.17) is 9.47 Å². The second kappa shape index (κ2) is 3.25. The van der Waals surface area contributed by atoms with Crippen LogP contribution in [-0.4, -0.2) is 48.6 Å². The third-order valence-corrected chi connectivity index (χ3v) is 2.42. The molecule has 5 heteroatoms. The van der Waals surface area contributed by atoms with Crippen LogP contribution in [0.1, 0.15) is 6.92 Å². The van der Waals surface area contributed by atoms with E-state index in [0.29, 0.717) is 13.2 Å². The predicted octanol–water partition coefficient (Wildman–Crippen LogP) is -1.35. The Balaban J connectivity index is 1.98. The van der Waals surface area contributed by atoms with Gasteiger partial charge in [0.25, 0.3) is 0 Å². The Hall–Kier alpha value is -0.650. The van der Waals surface area contributed by atoms with Crippen molar-refractivity contribution in [3.05, 3.63) is 0 Å². The number of carbonyl (C=O) groups is 1. The Kier molecular flexibility index (Phi) is 2.23. The highest BCUT2D eigenvalue weighted by Gasteiger charge is 2.47. The average molecular weight is 187 g/mol. The summed E-state index contributed by atoms with van der Waals surface area (Å²) in [6.07, 6.45) is -1.00. The van der Waals surface area contributed by atoms with Crippen LogP contribution >= 0.6 is 0 Å². The SMILES string of the molecule is CC(=O)NC1COC2C(O)COC12. The molecule has 5 nitrogen and oxygen atoms in total. The van der Waals surface area contributed by atoms with E-state index in [9.17, 15) is 9.90 Å². The van der Waals surface area contributed by atoms with Gasteiger partial charge in [0, 0.05) is 6.92 Å². The first-order valence-corrected chi connectivity index (χ1v) is 4.37. The van der Waals surface area contributed by atoms with Gasteiger partial charge < -0.3 is 19.9 Å². The van der Waals surface area contributed by atoms with Crippen LogP contribution in [-0.2, 0) is 14.3 Å². The molecule has 2 heterocycles. The van der Waals surface area contributed by atoms with Gasteiger partial charge in [0.15, 0.2) is 0 Å². The number of hydrogen-bond acceptors (Lipinski definition) is 4. The maximum Gasteiger partial charge on any atom is 0.217 e. The van der Waals surface area contributed by atoms with E-state index < -0.39 is 6.10 Å². The minimum atomic E-state index is -0.552. The summed E-state index contributed by atoms with van der Waals surface area (Å²) in [4.78, 5) is 10.8. The molecule has 2 fully saturated rings. The summed E-state index contributed by atoms with van der Waals surface area (Å²) in [5.74, 6) is -0.0979. The lowest BCUT2D eigenvalue weighted by Crippen LogP contribution is -2.43. The Bertz CT molecular complexity index is 220. The normalized spacial score (nSPS) is 43.2. The maximum atomic E-state index is 10.8. The number of aliphatic hydroxyl groups is 1. The molecule has 4 atom stereocenters. The summed E-state index contributed by atoms with van der Waals surface area (Å²) in [7, 11) is 0. The second-order valence-corrected chi connectivity index (χ2v) is 3.47. The number of fused-ring (bicyclic) bond motifs is 1. The largest absolute Gasteiger partial charge is 0.388 e. The fraction of sp³-hybridized carbons (Fsp3) is 0.875. The molecule has 0 aliphatic carbocycles. The van der Waals surface area contributed by atoms with Gasteiger partial charge >= 0.3 is 0 Å². The molecule has 0 bridgehead atoms. The molecule has 2 aliphatic heterocycles. The lowest BCUT2D eigenvalue weighted by molar-refractivity contribution is -0.120. The highest BCUT2D eigenvalue weighted by molar-refractivity contribution is 5.73. The van der Waals surface area contributed by atoms with Crippen molar-refractivity contribution in [2.24, 2.45) is 0 Å². The molecule has 2 aliphatic rings. The number of amides is 1. The number of rotatable bonds is 1. The average Bonchev–Trinajstić information content (AvgIpc) is 2.56. The van der Waals surface area contributed by atoms with Gasteiger partial charge in [0.2, 0.25) is 5.91 Å². The Morgan fingerprint density at radius 1 is 1.38 bits per heavy atom. The summed E-state index contributed by atoms with van der Waals surface area (Å²) in [6.45, 7) is 2.18. The van der Waals surface area contributed by atoms with Gasteiger partial charge in [0.1, 0.15) is 18.3 Å². The van der Waals surface area contributed by atoms with Crippen molar-refractivity contribution in [3.8, 4) is 0 Å². The molecule has 2 N–H and O–H groups in total. The number of ether oxygens (including phenoxy) is 2. The van der Waals surface area contributed by atoms with E-state index in [0.717, 1.165) is 0 Å². The molecule has 0 spiro atoms. The van der Waals surface area contributed by atoms with Gasteiger partial charge in [-0.3, -0.25) is 4.79 Å². The number of hydrogen-bond donors (Lipinski definition) is 2. The molecule has 13 heavy (non-hydrogen) atoms. The summed E-state index contributed by atoms with van der Waals surface area (Å²) in [5, 5.41) is 12.1. The van der Waals surface area contributed by atoms with Gasteiger partial charge in [-0.2, -0.15) is 0 Å². The fourth-order valence-corrected chi connectivity index (χ4v) is 1.86. The first kappa shape index (κ1) is 8.93. The zero-order valence-electron chi connectivity index (χ0n) is 7.40.